The van der Waals surface area contributed by atoms with Crippen LogP contribution in [0.4, 0.5) is 21.7 Å². The smallest absolute Gasteiger partial charge is 0.139 e. The highest BCUT2D eigenvalue weighted by Gasteiger charge is 2.11. The number of aromatic nitrogens is 2. The van der Waals surface area contributed by atoms with Crippen LogP contribution in [0.3, 0.4) is 0 Å². The van der Waals surface area contributed by atoms with Gasteiger partial charge in [-0.1, -0.05) is 19.4 Å². The van der Waals surface area contributed by atoms with Gasteiger partial charge in [0.25, 0.3) is 0 Å². The standard InChI is InChI=1S/C15H19FN4/c1-4-6-11-14(17-3)18-9-19-15(11)20-13-8-5-7-12(16)10(13)2/h5,7-9H,4,6H2,1-3H3,(H2,17,18,19,20). The number of hydrogen-bond acceptors (Lipinski definition) is 4. The van der Waals surface area contributed by atoms with Crippen molar-refractivity contribution in [1.82, 2.24) is 9.97 Å². The third-order valence-electron chi connectivity index (χ3n) is 3.20. The SMILES string of the molecule is CCCc1c(NC)ncnc1Nc1cccc(F)c1C. The molecular formula is C15H19FN4. The summed E-state index contributed by atoms with van der Waals surface area (Å²) in [5.74, 6) is 1.30. The lowest BCUT2D eigenvalue weighted by atomic mass is 10.1. The van der Waals surface area contributed by atoms with Gasteiger partial charge < -0.3 is 10.6 Å². The maximum absolute atomic E-state index is 13.6. The van der Waals surface area contributed by atoms with Gasteiger partial charge in [0.05, 0.1) is 0 Å². The normalized spacial score (nSPS) is 10.4. The average Bonchev–Trinajstić information content (AvgIpc) is 2.46. The quantitative estimate of drug-likeness (QED) is 0.873. The zero-order valence-electron chi connectivity index (χ0n) is 12.0. The maximum Gasteiger partial charge on any atom is 0.139 e. The van der Waals surface area contributed by atoms with Crippen LogP contribution in [-0.4, -0.2) is 17.0 Å². The van der Waals surface area contributed by atoms with Gasteiger partial charge in [-0.2, -0.15) is 0 Å². The van der Waals surface area contributed by atoms with Crippen LogP contribution in [-0.2, 0) is 6.42 Å². The fourth-order valence-electron chi connectivity index (χ4n) is 2.09. The first-order valence-corrected chi connectivity index (χ1v) is 6.71. The first-order chi connectivity index (χ1) is 9.67. The Morgan fingerprint density at radius 1 is 1.20 bits per heavy atom. The summed E-state index contributed by atoms with van der Waals surface area (Å²) in [5, 5.41) is 6.28. The summed E-state index contributed by atoms with van der Waals surface area (Å²) in [6.45, 7) is 3.85. The molecule has 2 aromatic rings. The third kappa shape index (κ3) is 2.87. The molecule has 0 amide bonds. The van der Waals surface area contributed by atoms with Crippen LogP contribution in [0.15, 0.2) is 24.5 Å². The topological polar surface area (TPSA) is 49.8 Å². The van der Waals surface area contributed by atoms with Crippen molar-refractivity contribution < 1.29 is 4.39 Å². The summed E-state index contributed by atoms with van der Waals surface area (Å²) < 4.78 is 13.6. The zero-order chi connectivity index (χ0) is 14.5. The Kier molecular flexibility index (Phi) is 4.50. The molecule has 2 rings (SSSR count). The van der Waals surface area contributed by atoms with Gasteiger partial charge in [0.2, 0.25) is 0 Å². The molecule has 0 atom stereocenters. The van der Waals surface area contributed by atoms with E-state index in [-0.39, 0.29) is 5.82 Å². The molecule has 2 N–H and O–H groups in total. The third-order valence-corrected chi connectivity index (χ3v) is 3.20. The summed E-state index contributed by atoms with van der Waals surface area (Å²) in [7, 11) is 1.83. The van der Waals surface area contributed by atoms with Crippen molar-refractivity contribution in [3.05, 3.63) is 41.5 Å². The molecule has 0 aliphatic carbocycles. The molecule has 0 fully saturated rings. The maximum atomic E-state index is 13.6. The Bertz CT molecular complexity index is 598. The number of anilines is 3. The highest BCUT2D eigenvalue weighted by atomic mass is 19.1. The molecule has 20 heavy (non-hydrogen) atoms. The van der Waals surface area contributed by atoms with E-state index in [1.807, 2.05) is 13.1 Å². The molecular weight excluding hydrogens is 255 g/mol. The lowest BCUT2D eigenvalue weighted by Crippen LogP contribution is -2.06. The lowest BCUT2D eigenvalue weighted by Gasteiger charge is -2.15. The van der Waals surface area contributed by atoms with Crippen LogP contribution in [0, 0.1) is 12.7 Å². The van der Waals surface area contributed by atoms with E-state index < -0.39 is 0 Å². The Morgan fingerprint density at radius 2 is 1.95 bits per heavy atom. The molecule has 0 saturated heterocycles. The minimum Gasteiger partial charge on any atom is -0.373 e. The largest absolute Gasteiger partial charge is 0.373 e. The highest BCUT2D eigenvalue weighted by Crippen LogP contribution is 2.27. The molecule has 0 aliphatic heterocycles. The second-order valence-corrected chi connectivity index (χ2v) is 4.59. The Labute approximate surface area is 118 Å². The molecule has 0 saturated carbocycles. The molecule has 0 radical (unpaired) electrons. The second kappa shape index (κ2) is 6.32. The van der Waals surface area contributed by atoms with Crippen LogP contribution in [0.1, 0.15) is 24.5 Å². The number of halogens is 1. The highest BCUT2D eigenvalue weighted by molar-refractivity contribution is 5.66. The molecule has 106 valence electrons. The molecule has 1 aromatic carbocycles. The summed E-state index contributed by atoms with van der Waals surface area (Å²) in [5.41, 5.74) is 2.32. The summed E-state index contributed by atoms with van der Waals surface area (Å²) >= 11 is 0. The molecule has 0 unspecified atom stereocenters. The van der Waals surface area contributed by atoms with Gasteiger partial charge in [-0.3, -0.25) is 0 Å². The van der Waals surface area contributed by atoms with Crippen molar-refractivity contribution in [3.63, 3.8) is 0 Å². The number of rotatable bonds is 5. The fourth-order valence-corrected chi connectivity index (χ4v) is 2.09. The first-order valence-electron chi connectivity index (χ1n) is 6.71. The predicted octanol–water partition coefficient (Wildman–Crippen LogP) is 3.66. The average molecular weight is 274 g/mol. The van der Waals surface area contributed by atoms with E-state index in [0.717, 1.165) is 35.7 Å². The number of benzene rings is 1. The van der Waals surface area contributed by atoms with Crippen LogP contribution in [0.25, 0.3) is 0 Å². The van der Waals surface area contributed by atoms with E-state index in [0.29, 0.717) is 5.56 Å². The Hall–Kier alpha value is -2.17. The van der Waals surface area contributed by atoms with Crippen LogP contribution >= 0.6 is 0 Å². The molecule has 5 heteroatoms. The van der Waals surface area contributed by atoms with Gasteiger partial charge in [-0.25, -0.2) is 14.4 Å². The Morgan fingerprint density at radius 3 is 2.65 bits per heavy atom. The number of hydrogen-bond donors (Lipinski definition) is 2. The van der Waals surface area contributed by atoms with Gasteiger partial charge in [0.1, 0.15) is 23.8 Å². The van der Waals surface area contributed by atoms with E-state index in [4.69, 9.17) is 0 Å². The fraction of sp³-hybridized carbons (Fsp3) is 0.333. The van der Waals surface area contributed by atoms with Crippen molar-refractivity contribution in [2.45, 2.75) is 26.7 Å². The first kappa shape index (κ1) is 14.2. The van der Waals surface area contributed by atoms with Gasteiger partial charge in [0, 0.05) is 23.9 Å². The zero-order valence-corrected chi connectivity index (χ0v) is 12.0. The molecule has 1 aromatic heterocycles. The summed E-state index contributed by atoms with van der Waals surface area (Å²) in [6.07, 6.45) is 3.34. The molecule has 4 nitrogen and oxygen atoms in total. The summed E-state index contributed by atoms with van der Waals surface area (Å²) in [6, 6.07) is 4.98. The number of nitrogens with one attached hydrogen (secondary N) is 2. The van der Waals surface area contributed by atoms with E-state index >= 15 is 0 Å². The van der Waals surface area contributed by atoms with Gasteiger partial charge >= 0.3 is 0 Å². The van der Waals surface area contributed by atoms with E-state index in [9.17, 15) is 4.39 Å². The minimum absolute atomic E-state index is 0.227. The van der Waals surface area contributed by atoms with E-state index in [2.05, 4.69) is 27.5 Å². The van der Waals surface area contributed by atoms with Crippen molar-refractivity contribution >= 4 is 17.3 Å². The van der Waals surface area contributed by atoms with Gasteiger partial charge in [0.15, 0.2) is 0 Å². The summed E-state index contributed by atoms with van der Waals surface area (Å²) in [4.78, 5) is 8.51. The van der Waals surface area contributed by atoms with Crippen molar-refractivity contribution in [2.75, 3.05) is 17.7 Å². The molecule has 0 bridgehead atoms. The van der Waals surface area contributed by atoms with Crippen LogP contribution in [0.2, 0.25) is 0 Å². The minimum atomic E-state index is -0.227. The van der Waals surface area contributed by atoms with Crippen LogP contribution < -0.4 is 10.6 Å². The molecule has 0 spiro atoms. The lowest BCUT2D eigenvalue weighted by molar-refractivity contribution is 0.619. The van der Waals surface area contributed by atoms with E-state index in [1.165, 1.54) is 12.4 Å². The molecule has 0 aliphatic rings. The molecule has 1 heterocycles. The van der Waals surface area contributed by atoms with Crippen molar-refractivity contribution in [3.8, 4) is 0 Å². The monoisotopic (exact) mass is 274 g/mol. The number of nitrogens with zero attached hydrogens (tertiary/aromatic N) is 2. The van der Waals surface area contributed by atoms with Crippen molar-refractivity contribution in [2.24, 2.45) is 0 Å². The van der Waals surface area contributed by atoms with Gasteiger partial charge in [-0.15, -0.1) is 0 Å². The predicted molar refractivity (Wildman–Crippen MR) is 80.0 cm³/mol. The van der Waals surface area contributed by atoms with Gasteiger partial charge in [-0.05, 0) is 25.5 Å². The van der Waals surface area contributed by atoms with Crippen molar-refractivity contribution in [1.29, 1.82) is 0 Å². The Balaban J connectivity index is 2.40. The van der Waals surface area contributed by atoms with Crippen LogP contribution in [0.5, 0.6) is 0 Å². The van der Waals surface area contributed by atoms with E-state index in [1.54, 1.807) is 13.0 Å². The second-order valence-electron chi connectivity index (χ2n) is 4.59.